The molecular formula is C18H21N5OS. The summed E-state index contributed by atoms with van der Waals surface area (Å²) < 4.78 is 0. The van der Waals surface area contributed by atoms with Crippen molar-refractivity contribution in [3.8, 4) is 0 Å². The van der Waals surface area contributed by atoms with Crippen molar-refractivity contribution in [1.29, 1.82) is 5.41 Å². The van der Waals surface area contributed by atoms with Crippen LogP contribution in [0.25, 0.3) is 6.08 Å². The minimum atomic E-state index is -0.385. The fraction of sp³-hybridized carbons (Fsp3) is 0.333. The van der Waals surface area contributed by atoms with E-state index in [1.54, 1.807) is 6.08 Å². The molecule has 1 aromatic carbocycles. The number of aliphatic imine (C=N–C) groups is 1. The molecule has 0 aromatic heterocycles. The first kappa shape index (κ1) is 17.4. The summed E-state index contributed by atoms with van der Waals surface area (Å²) in [4.78, 5) is 18.6. The van der Waals surface area contributed by atoms with Crippen molar-refractivity contribution in [1.82, 2.24) is 5.01 Å². The molecule has 0 aliphatic carbocycles. The van der Waals surface area contributed by atoms with E-state index in [-0.39, 0.29) is 17.3 Å². The molecule has 0 fully saturated rings. The van der Waals surface area contributed by atoms with Crippen LogP contribution in [0.5, 0.6) is 0 Å². The first-order chi connectivity index (χ1) is 12.1. The predicted molar refractivity (Wildman–Crippen MR) is 105 cm³/mol. The molecule has 0 atom stereocenters. The van der Waals surface area contributed by atoms with Crippen LogP contribution in [-0.2, 0) is 4.79 Å². The van der Waals surface area contributed by atoms with Crippen molar-refractivity contribution in [2.24, 2.45) is 10.1 Å². The number of carbonyl (C=O) groups excluding carboxylic acids is 1. The summed E-state index contributed by atoms with van der Waals surface area (Å²) in [6.45, 7) is 8.13. The van der Waals surface area contributed by atoms with Crippen LogP contribution in [0.2, 0.25) is 0 Å². The molecule has 0 spiro atoms. The van der Waals surface area contributed by atoms with Gasteiger partial charge in [-0.1, -0.05) is 19.1 Å². The van der Waals surface area contributed by atoms with Crippen molar-refractivity contribution >= 4 is 45.5 Å². The lowest BCUT2D eigenvalue weighted by Crippen LogP contribution is -2.35. The molecule has 0 unspecified atom stereocenters. The number of amidine groups is 2. The van der Waals surface area contributed by atoms with Crippen molar-refractivity contribution in [2.45, 2.75) is 27.2 Å². The lowest BCUT2D eigenvalue weighted by molar-refractivity contribution is -0.114. The number of nitrogens with one attached hydrogen (secondary N) is 1. The summed E-state index contributed by atoms with van der Waals surface area (Å²) in [5.41, 5.74) is 2.28. The van der Waals surface area contributed by atoms with E-state index in [0.717, 1.165) is 35.8 Å². The number of fused-ring (bicyclic) bond motifs is 1. The van der Waals surface area contributed by atoms with Crippen LogP contribution in [0, 0.1) is 5.41 Å². The van der Waals surface area contributed by atoms with Crippen LogP contribution >= 0.6 is 11.8 Å². The van der Waals surface area contributed by atoms with Gasteiger partial charge in [0.15, 0.2) is 5.84 Å². The summed E-state index contributed by atoms with van der Waals surface area (Å²) in [6.07, 6.45) is 2.47. The summed E-state index contributed by atoms with van der Waals surface area (Å²) in [7, 11) is 0. The molecule has 2 aliphatic heterocycles. The maximum Gasteiger partial charge on any atom is 0.283 e. The van der Waals surface area contributed by atoms with Crippen LogP contribution in [0.1, 0.15) is 32.8 Å². The number of amides is 1. The molecule has 7 heteroatoms. The average molecular weight is 355 g/mol. The minimum Gasteiger partial charge on any atom is -0.372 e. The van der Waals surface area contributed by atoms with Crippen molar-refractivity contribution in [3.05, 3.63) is 35.4 Å². The molecule has 1 amide bonds. The summed E-state index contributed by atoms with van der Waals surface area (Å²) in [5, 5.41) is 15.4. The topological polar surface area (TPSA) is 72.1 Å². The van der Waals surface area contributed by atoms with Gasteiger partial charge in [0, 0.05) is 18.8 Å². The van der Waals surface area contributed by atoms with Gasteiger partial charge < -0.3 is 4.90 Å². The summed E-state index contributed by atoms with van der Waals surface area (Å²) in [5.74, 6) is -0.303. The predicted octanol–water partition coefficient (Wildman–Crippen LogP) is 3.56. The highest BCUT2D eigenvalue weighted by Crippen LogP contribution is 2.29. The number of hydrogen-bond acceptors (Lipinski definition) is 5. The molecule has 0 saturated heterocycles. The van der Waals surface area contributed by atoms with E-state index in [1.165, 1.54) is 16.8 Å². The third-order valence-electron chi connectivity index (χ3n) is 4.13. The fourth-order valence-electron chi connectivity index (χ4n) is 2.71. The van der Waals surface area contributed by atoms with E-state index in [1.807, 2.05) is 31.2 Å². The second-order valence-electron chi connectivity index (χ2n) is 5.63. The Labute approximate surface area is 151 Å². The minimum absolute atomic E-state index is 0.0822. The Bertz CT molecular complexity index is 790. The number of anilines is 1. The van der Waals surface area contributed by atoms with Gasteiger partial charge in [0.2, 0.25) is 5.17 Å². The van der Waals surface area contributed by atoms with Gasteiger partial charge in [-0.05, 0) is 55.8 Å². The number of rotatable bonds is 5. The maximum atomic E-state index is 12.3. The normalized spacial score (nSPS) is 18.4. The highest BCUT2D eigenvalue weighted by atomic mass is 32.2. The molecule has 1 aromatic rings. The smallest absolute Gasteiger partial charge is 0.283 e. The molecule has 6 nitrogen and oxygen atoms in total. The first-order valence-electron chi connectivity index (χ1n) is 8.41. The van der Waals surface area contributed by atoms with Gasteiger partial charge in [0.1, 0.15) is 5.04 Å². The monoisotopic (exact) mass is 355 g/mol. The number of hydrogen-bond donors (Lipinski definition) is 1. The molecule has 0 radical (unpaired) electrons. The van der Waals surface area contributed by atoms with E-state index in [4.69, 9.17) is 5.41 Å². The summed E-state index contributed by atoms with van der Waals surface area (Å²) in [6, 6.07) is 7.98. The Morgan fingerprint density at radius 1 is 1.20 bits per heavy atom. The standard InChI is InChI=1S/C18H21N5OS/c1-4-15-21-23-16(19)14(17(24)20-18(23)25-15)11-12-7-9-13(10-8-12)22(5-2)6-3/h7-11,19H,4-6H2,1-3H3. The van der Waals surface area contributed by atoms with Crippen molar-refractivity contribution in [2.75, 3.05) is 18.0 Å². The third-order valence-corrected chi connectivity index (χ3v) is 5.18. The van der Waals surface area contributed by atoms with Crippen LogP contribution in [-0.4, -0.2) is 40.1 Å². The van der Waals surface area contributed by atoms with Gasteiger partial charge in [0.25, 0.3) is 5.91 Å². The van der Waals surface area contributed by atoms with E-state index in [0.29, 0.717) is 5.17 Å². The fourth-order valence-corrected chi connectivity index (χ4v) is 3.54. The van der Waals surface area contributed by atoms with E-state index in [2.05, 4.69) is 28.8 Å². The zero-order chi connectivity index (χ0) is 18.0. The highest BCUT2D eigenvalue weighted by molar-refractivity contribution is 8.26. The Morgan fingerprint density at radius 2 is 1.88 bits per heavy atom. The lowest BCUT2D eigenvalue weighted by atomic mass is 10.1. The second kappa shape index (κ2) is 7.23. The number of thioether (sulfide) groups is 1. The number of benzene rings is 1. The molecule has 1 N–H and O–H groups in total. The van der Waals surface area contributed by atoms with Gasteiger partial charge in [-0.3, -0.25) is 10.2 Å². The molecule has 0 bridgehead atoms. The van der Waals surface area contributed by atoms with Crippen LogP contribution in [0.3, 0.4) is 0 Å². The Morgan fingerprint density at radius 3 is 2.48 bits per heavy atom. The molecule has 0 saturated carbocycles. The van der Waals surface area contributed by atoms with Gasteiger partial charge in [0.05, 0.1) is 5.57 Å². The van der Waals surface area contributed by atoms with Crippen LogP contribution < -0.4 is 4.90 Å². The molecular weight excluding hydrogens is 334 g/mol. The summed E-state index contributed by atoms with van der Waals surface area (Å²) >= 11 is 1.35. The molecule has 2 aliphatic rings. The van der Waals surface area contributed by atoms with Gasteiger partial charge in [-0.25, -0.2) is 0 Å². The van der Waals surface area contributed by atoms with E-state index in [9.17, 15) is 4.79 Å². The van der Waals surface area contributed by atoms with Crippen molar-refractivity contribution < 1.29 is 4.79 Å². The van der Waals surface area contributed by atoms with Gasteiger partial charge in [-0.15, -0.1) is 0 Å². The Hall–Kier alpha value is -2.41. The van der Waals surface area contributed by atoms with Gasteiger partial charge >= 0.3 is 0 Å². The largest absolute Gasteiger partial charge is 0.372 e. The highest BCUT2D eigenvalue weighted by Gasteiger charge is 2.34. The van der Waals surface area contributed by atoms with Crippen molar-refractivity contribution in [3.63, 3.8) is 0 Å². The zero-order valence-electron chi connectivity index (χ0n) is 14.6. The molecule has 3 rings (SSSR count). The Kier molecular flexibility index (Phi) is 5.03. The first-order valence-corrected chi connectivity index (χ1v) is 9.23. The van der Waals surface area contributed by atoms with Gasteiger partial charge in [-0.2, -0.15) is 15.1 Å². The van der Waals surface area contributed by atoms with E-state index >= 15 is 0 Å². The average Bonchev–Trinajstić information content (AvgIpc) is 3.04. The quantitative estimate of drug-likeness (QED) is 0.820. The molecule has 130 valence electrons. The number of hydrazone groups is 1. The third kappa shape index (κ3) is 3.37. The SMILES string of the molecule is CCC1=NN2C(=N)C(=Cc3ccc(N(CC)CC)cc3)C(=O)N=C2S1. The second-order valence-corrected chi connectivity index (χ2v) is 6.67. The van der Waals surface area contributed by atoms with Crippen LogP contribution in [0.4, 0.5) is 5.69 Å². The van der Waals surface area contributed by atoms with Crippen LogP contribution in [0.15, 0.2) is 39.9 Å². The zero-order valence-corrected chi connectivity index (χ0v) is 15.4. The maximum absolute atomic E-state index is 12.3. The number of carbonyl (C=O) groups is 1. The lowest BCUT2D eigenvalue weighted by Gasteiger charge is -2.21. The molecule has 25 heavy (non-hydrogen) atoms. The molecule has 2 heterocycles. The number of nitrogens with zero attached hydrogens (tertiary/aromatic N) is 4. The van der Waals surface area contributed by atoms with E-state index < -0.39 is 0 Å². The Balaban J connectivity index is 1.87.